The van der Waals surface area contributed by atoms with Crippen LogP contribution in [0.3, 0.4) is 0 Å². The molecule has 66 valence electrons. The molecule has 0 radical (unpaired) electrons. The molecule has 12 heavy (non-hydrogen) atoms. The van der Waals surface area contributed by atoms with Crippen molar-refractivity contribution in [3.8, 4) is 0 Å². The minimum absolute atomic E-state index is 0.636. The standard InChI is InChI=1S/C10H16N2/c1-3-8(2)9-4-6-10(12-11)7-5-9/h4-8,12H,3,11H2,1-2H3. The first-order chi connectivity index (χ1) is 5.77. The lowest BCUT2D eigenvalue weighted by molar-refractivity contribution is 0.734. The Kier molecular flexibility index (Phi) is 3.11. The Hall–Kier alpha value is -1.02. The second kappa shape index (κ2) is 4.12. The number of anilines is 1. The molecule has 0 heterocycles. The number of nitrogen functional groups attached to an aromatic ring is 1. The van der Waals surface area contributed by atoms with Gasteiger partial charge in [-0.1, -0.05) is 26.0 Å². The average Bonchev–Trinajstić information content (AvgIpc) is 2.17. The zero-order chi connectivity index (χ0) is 8.97. The molecule has 0 fully saturated rings. The third kappa shape index (κ3) is 1.98. The molecule has 3 N–H and O–H groups in total. The molecule has 0 amide bonds. The molecule has 0 aliphatic rings. The van der Waals surface area contributed by atoms with E-state index in [1.807, 2.05) is 12.1 Å². The SMILES string of the molecule is CCC(C)c1ccc(NN)cc1. The Morgan fingerprint density at radius 3 is 2.33 bits per heavy atom. The summed E-state index contributed by atoms with van der Waals surface area (Å²) in [5, 5.41) is 0. The Morgan fingerprint density at radius 2 is 1.92 bits per heavy atom. The molecule has 1 aromatic carbocycles. The van der Waals surface area contributed by atoms with Crippen LogP contribution in [0.15, 0.2) is 24.3 Å². The van der Waals surface area contributed by atoms with Crippen molar-refractivity contribution in [3.05, 3.63) is 29.8 Å². The normalized spacial score (nSPS) is 12.6. The quantitative estimate of drug-likeness (QED) is 0.532. The van der Waals surface area contributed by atoms with Crippen molar-refractivity contribution in [2.75, 3.05) is 5.43 Å². The molecule has 0 saturated carbocycles. The Labute approximate surface area is 73.8 Å². The summed E-state index contributed by atoms with van der Waals surface area (Å²) in [4.78, 5) is 0. The van der Waals surface area contributed by atoms with Gasteiger partial charge >= 0.3 is 0 Å². The van der Waals surface area contributed by atoms with Crippen molar-refractivity contribution in [3.63, 3.8) is 0 Å². The Bertz CT molecular complexity index is 228. The van der Waals surface area contributed by atoms with Crippen molar-refractivity contribution in [1.29, 1.82) is 0 Å². The molecular weight excluding hydrogens is 148 g/mol. The van der Waals surface area contributed by atoms with Crippen molar-refractivity contribution in [2.45, 2.75) is 26.2 Å². The lowest BCUT2D eigenvalue weighted by Gasteiger charge is -2.09. The first kappa shape index (κ1) is 9.07. The van der Waals surface area contributed by atoms with Crippen LogP contribution in [-0.4, -0.2) is 0 Å². The molecule has 0 spiro atoms. The average molecular weight is 164 g/mol. The van der Waals surface area contributed by atoms with Gasteiger partial charge in [-0.3, -0.25) is 5.84 Å². The van der Waals surface area contributed by atoms with Crippen molar-refractivity contribution in [1.82, 2.24) is 0 Å². The second-order valence-electron chi connectivity index (χ2n) is 3.08. The number of hydrazine groups is 1. The van der Waals surface area contributed by atoms with Gasteiger partial charge in [0, 0.05) is 5.69 Å². The third-order valence-electron chi connectivity index (χ3n) is 2.26. The summed E-state index contributed by atoms with van der Waals surface area (Å²) < 4.78 is 0. The van der Waals surface area contributed by atoms with E-state index < -0.39 is 0 Å². The predicted molar refractivity (Wildman–Crippen MR) is 53.0 cm³/mol. The summed E-state index contributed by atoms with van der Waals surface area (Å²) in [6.07, 6.45) is 1.18. The number of rotatable bonds is 3. The van der Waals surface area contributed by atoms with E-state index in [0.717, 1.165) is 5.69 Å². The molecule has 1 atom stereocenters. The Morgan fingerprint density at radius 1 is 1.33 bits per heavy atom. The maximum absolute atomic E-state index is 5.26. The fourth-order valence-corrected chi connectivity index (χ4v) is 1.14. The van der Waals surface area contributed by atoms with E-state index >= 15 is 0 Å². The third-order valence-corrected chi connectivity index (χ3v) is 2.26. The number of nitrogens with one attached hydrogen (secondary N) is 1. The minimum atomic E-state index is 0.636. The van der Waals surface area contributed by atoms with Gasteiger partial charge in [0.1, 0.15) is 0 Å². The highest BCUT2D eigenvalue weighted by molar-refractivity contribution is 5.43. The van der Waals surface area contributed by atoms with Crippen LogP contribution < -0.4 is 11.3 Å². The summed E-state index contributed by atoms with van der Waals surface area (Å²) >= 11 is 0. The van der Waals surface area contributed by atoms with Gasteiger partial charge in [-0.05, 0) is 30.0 Å². The molecule has 0 aliphatic carbocycles. The molecular formula is C10H16N2. The fraction of sp³-hybridized carbons (Fsp3) is 0.400. The van der Waals surface area contributed by atoms with Crippen molar-refractivity contribution >= 4 is 5.69 Å². The molecule has 0 aliphatic heterocycles. The number of hydrogen-bond donors (Lipinski definition) is 2. The zero-order valence-corrected chi connectivity index (χ0v) is 7.67. The van der Waals surface area contributed by atoms with E-state index in [-0.39, 0.29) is 0 Å². The lowest BCUT2D eigenvalue weighted by atomic mass is 9.99. The van der Waals surface area contributed by atoms with Crippen LogP contribution in [-0.2, 0) is 0 Å². The van der Waals surface area contributed by atoms with Crippen molar-refractivity contribution < 1.29 is 0 Å². The van der Waals surface area contributed by atoms with Crippen LogP contribution in [0, 0.1) is 0 Å². The highest BCUT2D eigenvalue weighted by Gasteiger charge is 2.00. The first-order valence-corrected chi connectivity index (χ1v) is 4.34. The molecule has 0 bridgehead atoms. The summed E-state index contributed by atoms with van der Waals surface area (Å²) in [6.45, 7) is 4.42. The van der Waals surface area contributed by atoms with Gasteiger partial charge in [-0.25, -0.2) is 0 Å². The van der Waals surface area contributed by atoms with Crippen LogP contribution in [0.4, 0.5) is 5.69 Å². The number of nitrogens with two attached hydrogens (primary N) is 1. The van der Waals surface area contributed by atoms with E-state index in [0.29, 0.717) is 5.92 Å². The predicted octanol–water partition coefficient (Wildman–Crippen LogP) is 2.49. The Balaban J connectivity index is 2.77. The van der Waals surface area contributed by atoms with Gasteiger partial charge in [0.2, 0.25) is 0 Å². The fourth-order valence-electron chi connectivity index (χ4n) is 1.14. The summed E-state index contributed by atoms with van der Waals surface area (Å²) in [5.41, 5.74) is 4.94. The van der Waals surface area contributed by atoms with E-state index in [4.69, 9.17) is 5.84 Å². The van der Waals surface area contributed by atoms with E-state index in [2.05, 4.69) is 31.4 Å². The second-order valence-corrected chi connectivity index (χ2v) is 3.08. The van der Waals surface area contributed by atoms with Gasteiger partial charge in [-0.2, -0.15) is 0 Å². The van der Waals surface area contributed by atoms with Gasteiger partial charge < -0.3 is 5.43 Å². The largest absolute Gasteiger partial charge is 0.324 e. The monoisotopic (exact) mass is 164 g/mol. The van der Waals surface area contributed by atoms with E-state index in [1.165, 1.54) is 12.0 Å². The molecule has 1 aromatic rings. The van der Waals surface area contributed by atoms with E-state index in [9.17, 15) is 0 Å². The maximum atomic E-state index is 5.26. The van der Waals surface area contributed by atoms with Crippen LogP contribution in [0.2, 0.25) is 0 Å². The topological polar surface area (TPSA) is 38.0 Å². The molecule has 1 unspecified atom stereocenters. The van der Waals surface area contributed by atoms with Crippen LogP contribution in [0.5, 0.6) is 0 Å². The van der Waals surface area contributed by atoms with Gasteiger partial charge in [0.15, 0.2) is 0 Å². The van der Waals surface area contributed by atoms with Crippen LogP contribution in [0.25, 0.3) is 0 Å². The van der Waals surface area contributed by atoms with Gasteiger partial charge in [-0.15, -0.1) is 0 Å². The van der Waals surface area contributed by atoms with E-state index in [1.54, 1.807) is 0 Å². The van der Waals surface area contributed by atoms with Gasteiger partial charge in [0.25, 0.3) is 0 Å². The van der Waals surface area contributed by atoms with Gasteiger partial charge in [0.05, 0.1) is 0 Å². The molecule has 2 nitrogen and oxygen atoms in total. The number of benzene rings is 1. The minimum Gasteiger partial charge on any atom is -0.324 e. The highest BCUT2D eigenvalue weighted by atomic mass is 15.2. The molecule has 0 aromatic heterocycles. The maximum Gasteiger partial charge on any atom is 0.0485 e. The summed E-state index contributed by atoms with van der Waals surface area (Å²) in [5.74, 6) is 5.89. The first-order valence-electron chi connectivity index (χ1n) is 4.34. The van der Waals surface area contributed by atoms with Crippen LogP contribution in [0.1, 0.15) is 31.7 Å². The molecule has 1 rings (SSSR count). The smallest absolute Gasteiger partial charge is 0.0485 e. The zero-order valence-electron chi connectivity index (χ0n) is 7.67. The summed E-state index contributed by atoms with van der Waals surface area (Å²) in [6, 6.07) is 8.23. The number of hydrogen-bond acceptors (Lipinski definition) is 2. The lowest BCUT2D eigenvalue weighted by Crippen LogP contribution is -2.06. The molecule has 0 saturated heterocycles. The van der Waals surface area contributed by atoms with Crippen molar-refractivity contribution in [2.24, 2.45) is 5.84 Å². The molecule has 2 heteroatoms. The van der Waals surface area contributed by atoms with Crippen LogP contribution >= 0.6 is 0 Å². The highest BCUT2D eigenvalue weighted by Crippen LogP contribution is 2.19. The summed E-state index contributed by atoms with van der Waals surface area (Å²) in [7, 11) is 0.